The van der Waals surface area contributed by atoms with E-state index in [2.05, 4.69) is 10.3 Å². The van der Waals surface area contributed by atoms with Crippen LogP contribution in [0.3, 0.4) is 0 Å². The van der Waals surface area contributed by atoms with Gasteiger partial charge < -0.3 is 14.4 Å². The molecule has 0 aliphatic rings. The van der Waals surface area contributed by atoms with Gasteiger partial charge in [0, 0.05) is 44.3 Å². The van der Waals surface area contributed by atoms with E-state index in [1.807, 2.05) is 67.0 Å². The molecule has 2 heterocycles. The van der Waals surface area contributed by atoms with Gasteiger partial charge >= 0.3 is 0 Å². The number of hydrogen-bond donors (Lipinski definition) is 1. The number of anilines is 5. The second-order valence-corrected chi connectivity index (χ2v) is 12.0. The second-order valence-electron chi connectivity index (χ2n) is 9.55. The predicted octanol–water partition coefficient (Wildman–Crippen LogP) is 5.14. The Morgan fingerprint density at radius 1 is 0.951 bits per heavy atom. The minimum absolute atomic E-state index is 0.129. The summed E-state index contributed by atoms with van der Waals surface area (Å²) in [5.41, 5.74) is 3.78. The van der Waals surface area contributed by atoms with Crippen LogP contribution in [0.4, 0.5) is 29.1 Å². The fraction of sp³-hybridized carbons (Fsp3) is 0.172. The lowest BCUT2D eigenvalue weighted by molar-refractivity contribution is -0.115. The van der Waals surface area contributed by atoms with Crippen molar-refractivity contribution in [3.63, 3.8) is 0 Å². The molecule has 12 heteroatoms. The zero-order valence-electron chi connectivity index (χ0n) is 22.9. The van der Waals surface area contributed by atoms with Crippen molar-refractivity contribution in [1.29, 1.82) is 0 Å². The Morgan fingerprint density at radius 2 is 1.68 bits per heavy atom. The maximum absolute atomic E-state index is 12.8. The molecule has 0 unspecified atom stereocenters. The second kappa shape index (κ2) is 11.2. The smallest absolute Gasteiger partial charge is 0.231 e. The fourth-order valence-corrected chi connectivity index (χ4v) is 5.24. The lowest BCUT2D eigenvalue weighted by atomic mass is 10.1. The van der Waals surface area contributed by atoms with Gasteiger partial charge in [0.2, 0.25) is 17.8 Å². The lowest BCUT2D eigenvalue weighted by Gasteiger charge is -2.22. The van der Waals surface area contributed by atoms with Crippen LogP contribution in [0.1, 0.15) is 5.56 Å². The number of carbonyl (C=O) groups excluding carboxylic acids is 1. The van der Waals surface area contributed by atoms with Gasteiger partial charge in [-0.1, -0.05) is 35.9 Å². The fourth-order valence-electron chi connectivity index (χ4n) is 4.41. The molecule has 0 bridgehead atoms. The Balaban J connectivity index is 1.40. The zero-order chi connectivity index (χ0) is 29.3. The maximum Gasteiger partial charge on any atom is 0.231 e. The average molecular weight is 590 g/mol. The van der Waals surface area contributed by atoms with Crippen LogP contribution in [0.5, 0.6) is 0 Å². The van der Waals surface area contributed by atoms with E-state index in [0.29, 0.717) is 28.3 Å². The highest BCUT2D eigenvalue weighted by molar-refractivity contribution is 7.90. The van der Waals surface area contributed by atoms with Gasteiger partial charge in [0.15, 0.2) is 9.84 Å². The standard InChI is InChI=1S/C29H28ClN7O3S/c1-35(20-12-14-21(15-13-20)41(4,39)40)28-31-17-16-25(32-28)36(2)23-10-7-11-24-27(23)34-29(37(24)3)33-26(38)18-19-8-5-6-9-22(19)30/h5-17H,18H2,1-4H3,(H,33,34,38). The molecule has 210 valence electrons. The quantitative estimate of drug-likeness (QED) is 0.265. The Hall–Kier alpha value is -4.48. The van der Waals surface area contributed by atoms with Crippen molar-refractivity contribution in [3.05, 3.63) is 89.6 Å². The van der Waals surface area contributed by atoms with Gasteiger partial charge in [-0.25, -0.2) is 18.4 Å². The molecule has 3 aromatic carbocycles. The van der Waals surface area contributed by atoms with Crippen LogP contribution in [-0.4, -0.2) is 54.2 Å². The summed E-state index contributed by atoms with van der Waals surface area (Å²) in [4.78, 5) is 30.6. The number of para-hydroxylation sites is 1. The number of aromatic nitrogens is 4. The molecule has 0 saturated heterocycles. The number of halogens is 1. The number of rotatable bonds is 8. The summed E-state index contributed by atoms with van der Waals surface area (Å²) in [5.74, 6) is 1.25. The molecule has 0 fully saturated rings. The van der Waals surface area contributed by atoms with E-state index in [9.17, 15) is 13.2 Å². The van der Waals surface area contributed by atoms with Crippen molar-refractivity contribution >= 4 is 67.5 Å². The topological polar surface area (TPSA) is 113 Å². The van der Waals surface area contributed by atoms with Crippen LogP contribution in [-0.2, 0) is 28.1 Å². The molecule has 2 aromatic heterocycles. The number of aryl methyl sites for hydroxylation is 1. The van der Waals surface area contributed by atoms with E-state index in [-0.39, 0.29) is 17.2 Å². The maximum atomic E-state index is 12.8. The number of fused-ring (bicyclic) bond motifs is 1. The van der Waals surface area contributed by atoms with Crippen LogP contribution in [0, 0.1) is 0 Å². The predicted molar refractivity (Wildman–Crippen MR) is 162 cm³/mol. The van der Waals surface area contributed by atoms with Crippen molar-refractivity contribution in [2.24, 2.45) is 7.05 Å². The Morgan fingerprint density at radius 3 is 2.39 bits per heavy atom. The number of nitrogens with zero attached hydrogens (tertiary/aromatic N) is 6. The molecule has 0 aliphatic heterocycles. The highest BCUT2D eigenvalue weighted by Gasteiger charge is 2.19. The summed E-state index contributed by atoms with van der Waals surface area (Å²) >= 11 is 6.23. The molecule has 5 aromatic rings. The van der Waals surface area contributed by atoms with Gasteiger partial charge in [-0.3, -0.25) is 10.1 Å². The van der Waals surface area contributed by atoms with Crippen molar-refractivity contribution in [2.45, 2.75) is 11.3 Å². The van der Waals surface area contributed by atoms with E-state index >= 15 is 0 Å². The summed E-state index contributed by atoms with van der Waals surface area (Å²) in [6, 6.07) is 21.4. The van der Waals surface area contributed by atoms with Crippen LogP contribution < -0.4 is 15.1 Å². The third-order valence-corrected chi connectivity index (χ3v) is 8.23. The van der Waals surface area contributed by atoms with Crippen molar-refractivity contribution < 1.29 is 13.2 Å². The number of amides is 1. The zero-order valence-corrected chi connectivity index (χ0v) is 24.5. The highest BCUT2D eigenvalue weighted by Crippen LogP contribution is 2.32. The first-order valence-corrected chi connectivity index (χ1v) is 14.9. The normalized spacial score (nSPS) is 11.4. The van der Waals surface area contributed by atoms with E-state index in [1.165, 1.54) is 6.26 Å². The summed E-state index contributed by atoms with van der Waals surface area (Å²) in [6.07, 6.45) is 2.96. The third kappa shape index (κ3) is 5.86. The number of benzene rings is 3. The van der Waals surface area contributed by atoms with Gasteiger partial charge in [-0.15, -0.1) is 0 Å². The minimum atomic E-state index is -3.29. The molecule has 0 saturated carbocycles. The van der Waals surface area contributed by atoms with E-state index < -0.39 is 9.84 Å². The highest BCUT2D eigenvalue weighted by atomic mass is 35.5. The molecule has 5 rings (SSSR count). The molecule has 1 amide bonds. The molecule has 0 aliphatic carbocycles. The van der Waals surface area contributed by atoms with Crippen LogP contribution >= 0.6 is 11.6 Å². The summed E-state index contributed by atoms with van der Waals surface area (Å²) in [7, 11) is 2.24. The van der Waals surface area contributed by atoms with Gasteiger partial charge in [-0.2, -0.15) is 4.98 Å². The average Bonchev–Trinajstić information content (AvgIpc) is 3.28. The molecule has 0 spiro atoms. The SMILES string of the molecule is CN(c1ccc(S(C)(=O)=O)cc1)c1nccc(N(C)c2cccc3c2nc(NC(=O)Cc2ccccc2Cl)n3C)n1. The van der Waals surface area contributed by atoms with Crippen LogP contribution in [0.15, 0.2) is 83.9 Å². The Kier molecular flexibility index (Phi) is 7.65. The van der Waals surface area contributed by atoms with Crippen molar-refractivity contribution in [1.82, 2.24) is 19.5 Å². The number of nitrogens with one attached hydrogen (secondary N) is 1. The van der Waals surface area contributed by atoms with E-state index in [1.54, 1.807) is 47.5 Å². The van der Waals surface area contributed by atoms with Crippen LogP contribution in [0.2, 0.25) is 5.02 Å². The molecule has 0 radical (unpaired) electrons. The van der Waals surface area contributed by atoms with Crippen LogP contribution in [0.25, 0.3) is 11.0 Å². The third-order valence-electron chi connectivity index (χ3n) is 6.74. The number of carbonyl (C=O) groups is 1. The summed E-state index contributed by atoms with van der Waals surface area (Å²) in [5, 5.41) is 3.44. The van der Waals surface area contributed by atoms with Gasteiger partial charge in [0.25, 0.3) is 0 Å². The van der Waals surface area contributed by atoms with E-state index in [0.717, 1.165) is 22.5 Å². The summed E-state index contributed by atoms with van der Waals surface area (Å²) < 4.78 is 25.5. The van der Waals surface area contributed by atoms with Gasteiger partial charge in [0.1, 0.15) is 11.3 Å². The largest absolute Gasteiger partial charge is 0.327 e. The first-order valence-electron chi connectivity index (χ1n) is 12.6. The first-order chi connectivity index (χ1) is 19.5. The monoisotopic (exact) mass is 589 g/mol. The molecular formula is C29H28ClN7O3S. The van der Waals surface area contributed by atoms with Crippen molar-refractivity contribution in [3.8, 4) is 0 Å². The van der Waals surface area contributed by atoms with Gasteiger partial charge in [0.05, 0.1) is 22.5 Å². The summed E-state index contributed by atoms with van der Waals surface area (Å²) in [6.45, 7) is 0. The Bertz CT molecular complexity index is 1860. The first kappa shape index (κ1) is 28.1. The lowest BCUT2D eigenvalue weighted by Crippen LogP contribution is -2.17. The van der Waals surface area contributed by atoms with E-state index in [4.69, 9.17) is 21.6 Å². The molecule has 41 heavy (non-hydrogen) atoms. The number of hydrogen-bond acceptors (Lipinski definition) is 8. The molecular weight excluding hydrogens is 562 g/mol. The minimum Gasteiger partial charge on any atom is -0.327 e. The molecule has 1 N–H and O–H groups in total. The Labute approximate surface area is 243 Å². The van der Waals surface area contributed by atoms with Crippen molar-refractivity contribution in [2.75, 3.05) is 35.5 Å². The number of imidazole rings is 1. The molecule has 0 atom stereocenters. The van der Waals surface area contributed by atoms with Gasteiger partial charge in [-0.05, 0) is 54.1 Å². The molecule has 10 nitrogen and oxygen atoms in total. The number of sulfone groups is 1.